The van der Waals surface area contributed by atoms with Gasteiger partial charge in [-0.25, -0.2) is 19.9 Å². The first-order valence-electron chi connectivity index (χ1n) is 17.6. The highest BCUT2D eigenvalue weighted by atomic mass is 16.5. The number of aromatic nitrogens is 4. The van der Waals surface area contributed by atoms with Crippen molar-refractivity contribution in [3.05, 3.63) is 192 Å². The fourth-order valence-corrected chi connectivity index (χ4v) is 8.21. The second kappa shape index (κ2) is 11.4. The van der Waals surface area contributed by atoms with E-state index in [1.54, 1.807) is 0 Å². The number of oxazole rings is 1. The molecule has 2 aromatic heterocycles. The Labute approximate surface area is 305 Å². The van der Waals surface area contributed by atoms with Crippen molar-refractivity contribution in [2.45, 2.75) is 5.41 Å². The summed E-state index contributed by atoms with van der Waals surface area (Å²) < 4.78 is 13.1. The first-order valence-corrected chi connectivity index (χ1v) is 17.6. The topological polar surface area (TPSA) is 73.9 Å². The second-order valence-corrected chi connectivity index (χ2v) is 13.4. The largest absolute Gasteiger partial charge is 0.457 e. The molecule has 2 aliphatic rings. The average molecular weight is 681 g/mol. The molecule has 7 aromatic carbocycles. The van der Waals surface area contributed by atoms with Gasteiger partial charge in [-0.2, -0.15) is 0 Å². The van der Waals surface area contributed by atoms with Crippen molar-refractivity contribution >= 4 is 11.1 Å². The lowest BCUT2D eigenvalue weighted by molar-refractivity contribution is 0.436. The van der Waals surface area contributed by atoms with E-state index in [2.05, 4.69) is 72.8 Å². The van der Waals surface area contributed by atoms with Crippen LogP contribution < -0.4 is 4.74 Å². The second-order valence-electron chi connectivity index (χ2n) is 13.4. The van der Waals surface area contributed by atoms with Gasteiger partial charge >= 0.3 is 0 Å². The monoisotopic (exact) mass is 680 g/mol. The predicted octanol–water partition coefficient (Wildman–Crippen LogP) is 11.1. The molecule has 0 saturated heterocycles. The smallest absolute Gasteiger partial charge is 0.227 e. The standard InChI is InChI=1S/C47H28N4O2/c1-3-14-29(15-4-1)43-49-44(30-16-5-2-6-17-30)51-45(50-43)31-26-27-35-34(28-31)32-18-13-19-33(46-48-38-22-9-12-25-41(38)53-46)42(32)47(35)36-20-7-10-23-39(36)52-40-24-11-8-21-37(40)47/h1-28H. The van der Waals surface area contributed by atoms with Crippen LogP contribution in [0.25, 0.3) is 67.8 Å². The summed E-state index contributed by atoms with van der Waals surface area (Å²) in [5.41, 5.74) is 11.1. The molecule has 0 atom stereocenters. The van der Waals surface area contributed by atoms with Crippen molar-refractivity contribution in [3.63, 3.8) is 0 Å². The van der Waals surface area contributed by atoms with Crippen LogP contribution >= 0.6 is 0 Å². The molecule has 9 aromatic rings. The van der Waals surface area contributed by atoms with Crippen LogP contribution in [0.5, 0.6) is 11.5 Å². The van der Waals surface area contributed by atoms with Crippen molar-refractivity contribution in [1.82, 2.24) is 19.9 Å². The molecule has 0 unspecified atom stereocenters. The fraction of sp³-hybridized carbons (Fsp3) is 0.0213. The van der Waals surface area contributed by atoms with Gasteiger partial charge in [-0.3, -0.25) is 0 Å². The Balaban J connectivity index is 1.21. The Bertz CT molecular complexity index is 2750. The van der Waals surface area contributed by atoms with Gasteiger partial charge < -0.3 is 9.15 Å². The van der Waals surface area contributed by atoms with E-state index in [-0.39, 0.29) is 0 Å². The minimum Gasteiger partial charge on any atom is -0.457 e. The number of hydrogen-bond acceptors (Lipinski definition) is 6. The minimum absolute atomic E-state index is 0.578. The van der Waals surface area contributed by atoms with Gasteiger partial charge in [-0.05, 0) is 58.7 Å². The van der Waals surface area contributed by atoms with Crippen LogP contribution in [-0.4, -0.2) is 19.9 Å². The summed E-state index contributed by atoms with van der Waals surface area (Å²) in [6, 6.07) is 57.8. The van der Waals surface area contributed by atoms with Crippen LogP contribution in [0.3, 0.4) is 0 Å². The van der Waals surface area contributed by atoms with E-state index in [1.165, 1.54) is 0 Å². The molecule has 1 aliphatic heterocycles. The highest BCUT2D eigenvalue weighted by Crippen LogP contribution is 2.64. The third kappa shape index (κ3) is 4.39. The maximum atomic E-state index is 6.63. The Kier molecular flexibility index (Phi) is 6.36. The molecule has 53 heavy (non-hydrogen) atoms. The number of fused-ring (bicyclic) bond motifs is 10. The lowest BCUT2D eigenvalue weighted by Crippen LogP contribution is -2.32. The minimum atomic E-state index is -0.727. The highest BCUT2D eigenvalue weighted by Gasteiger charge is 2.52. The van der Waals surface area contributed by atoms with E-state index in [4.69, 9.17) is 29.1 Å². The summed E-state index contributed by atoms with van der Waals surface area (Å²) in [6.07, 6.45) is 0. The van der Waals surface area contributed by atoms with E-state index < -0.39 is 5.41 Å². The van der Waals surface area contributed by atoms with E-state index in [9.17, 15) is 0 Å². The Hall–Kier alpha value is -7.18. The molecule has 0 bridgehead atoms. The van der Waals surface area contributed by atoms with Crippen LogP contribution in [0.2, 0.25) is 0 Å². The van der Waals surface area contributed by atoms with Crippen molar-refractivity contribution < 1.29 is 9.15 Å². The molecule has 6 heteroatoms. The van der Waals surface area contributed by atoms with E-state index in [1.807, 2.05) is 97.1 Å². The maximum Gasteiger partial charge on any atom is 0.227 e. The van der Waals surface area contributed by atoms with Gasteiger partial charge in [0.2, 0.25) is 5.89 Å². The quantitative estimate of drug-likeness (QED) is 0.184. The van der Waals surface area contributed by atoms with E-state index in [0.717, 1.165) is 78.2 Å². The zero-order chi connectivity index (χ0) is 34.9. The summed E-state index contributed by atoms with van der Waals surface area (Å²) in [5.74, 6) is 4.06. The van der Waals surface area contributed by atoms with Crippen molar-refractivity contribution in [2.24, 2.45) is 0 Å². The van der Waals surface area contributed by atoms with E-state index in [0.29, 0.717) is 23.4 Å². The number of para-hydroxylation sites is 4. The maximum absolute atomic E-state index is 6.63. The van der Waals surface area contributed by atoms with Gasteiger partial charge in [-0.1, -0.05) is 133 Å². The lowest BCUT2D eigenvalue weighted by Gasteiger charge is -2.39. The van der Waals surface area contributed by atoms with Crippen molar-refractivity contribution in [2.75, 3.05) is 0 Å². The summed E-state index contributed by atoms with van der Waals surface area (Å²) in [4.78, 5) is 20.1. The molecule has 0 fully saturated rings. The Morgan fingerprint density at radius 1 is 0.396 bits per heavy atom. The van der Waals surface area contributed by atoms with Crippen LogP contribution in [0, 0.1) is 0 Å². The summed E-state index contributed by atoms with van der Waals surface area (Å²) in [6.45, 7) is 0. The molecule has 1 spiro atoms. The zero-order valence-electron chi connectivity index (χ0n) is 28.3. The number of rotatable bonds is 4. The Morgan fingerprint density at radius 3 is 1.62 bits per heavy atom. The third-order valence-electron chi connectivity index (χ3n) is 10.4. The molecular formula is C47H28N4O2. The fourth-order valence-electron chi connectivity index (χ4n) is 8.21. The Morgan fingerprint density at radius 2 is 0.962 bits per heavy atom. The first-order chi connectivity index (χ1) is 26.3. The van der Waals surface area contributed by atoms with Crippen LogP contribution in [0.15, 0.2) is 174 Å². The van der Waals surface area contributed by atoms with Gasteiger partial charge in [0.05, 0.1) is 5.41 Å². The molecule has 3 heterocycles. The third-order valence-corrected chi connectivity index (χ3v) is 10.4. The van der Waals surface area contributed by atoms with Gasteiger partial charge in [-0.15, -0.1) is 0 Å². The normalized spacial score (nSPS) is 13.2. The molecule has 248 valence electrons. The van der Waals surface area contributed by atoms with Gasteiger partial charge in [0.25, 0.3) is 0 Å². The molecule has 6 nitrogen and oxygen atoms in total. The molecule has 0 radical (unpaired) electrons. The molecule has 0 N–H and O–H groups in total. The summed E-state index contributed by atoms with van der Waals surface area (Å²) in [5, 5.41) is 0. The van der Waals surface area contributed by atoms with Crippen LogP contribution in [0.4, 0.5) is 0 Å². The molecule has 0 amide bonds. The first kappa shape index (κ1) is 29.5. The van der Waals surface area contributed by atoms with Gasteiger partial charge in [0.15, 0.2) is 23.1 Å². The summed E-state index contributed by atoms with van der Waals surface area (Å²) >= 11 is 0. The average Bonchev–Trinajstić information content (AvgIpc) is 3.79. The van der Waals surface area contributed by atoms with Crippen LogP contribution in [-0.2, 0) is 5.41 Å². The molecule has 1 aliphatic carbocycles. The van der Waals surface area contributed by atoms with Crippen molar-refractivity contribution in [1.29, 1.82) is 0 Å². The molecule has 0 saturated carbocycles. The zero-order valence-corrected chi connectivity index (χ0v) is 28.3. The number of ether oxygens (including phenoxy) is 1. The number of hydrogen-bond donors (Lipinski definition) is 0. The number of nitrogens with zero attached hydrogens (tertiary/aromatic N) is 4. The van der Waals surface area contributed by atoms with Gasteiger partial charge in [0, 0.05) is 33.4 Å². The van der Waals surface area contributed by atoms with E-state index >= 15 is 0 Å². The molecular weight excluding hydrogens is 653 g/mol. The molecule has 11 rings (SSSR count). The SMILES string of the molecule is c1ccc(-c2nc(-c3ccccc3)nc(-c3ccc4c(c3)-c3cccc(-c5nc6ccccc6o5)c3C43c4ccccc4Oc4ccccc43)n2)cc1. The highest BCUT2D eigenvalue weighted by molar-refractivity contribution is 5.95. The van der Waals surface area contributed by atoms with Gasteiger partial charge in [0.1, 0.15) is 17.0 Å². The predicted molar refractivity (Wildman–Crippen MR) is 207 cm³/mol. The lowest BCUT2D eigenvalue weighted by atomic mass is 9.65. The van der Waals surface area contributed by atoms with Crippen molar-refractivity contribution in [3.8, 4) is 68.2 Å². The van der Waals surface area contributed by atoms with Crippen LogP contribution in [0.1, 0.15) is 22.3 Å². The number of benzene rings is 7. The summed E-state index contributed by atoms with van der Waals surface area (Å²) in [7, 11) is 0.